The van der Waals surface area contributed by atoms with Crippen LogP contribution in [-0.2, 0) is 25.5 Å². The Morgan fingerprint density at radius 3 is 2.69 bits per heavy atom. The van der Waals surface area contributed by atoms with E-state index in [0.717, 1.165) is 10.5 Å². The Morgan fingerprint density at radius 2 is 1.93 bits per heavy atom. The van der Waals surface area contributed by atoms with Gasteiger partial charge < -0.3 is 10.1 Å². The van der Waals surface area contributed by atoms with E-state index in [9.17, 15) is 19.2 Å². The standard InChI is InChI=1S/C21H19ClN2O5/c1-12-7-8-15(22)10-17(12)23-20(27)13(2)29-19(26)11-24-18(25)9-14-5-3-4-6-16(14)21(24)28/h3-8,10,13H,9,11H2,1-2H3,(H,23,27)/t13-/m0/s1. The van der Waals surface area contributed by atoms with Crippen molar-refractivity contribution in [3.8, 4) is 0 Å². The number of carbonyl (C=O) groups is 4. The van der Waals surface area contributed by atoms with Crippen LogP contribution < -0.4 is 5.32 Å². The summed E-state index contributed by atoms with van der Waals surface area (Å²) in [5.74, 6) is -2.44. The quantitative estimate of drug-likeness (QED) is 0.599. The summed E-state index contributed by atoms with van der Waals surface area (Å²) in [6.07, 6.45) is -1.10. The molecule has 0 aromatic heterocycles. The molecular formula is C21H19ClN2O5. The Bertz CT molecular complexity index is 1000. The summed E-state index contributed by atoms with van der Waals surface area (Å²) in [5.41, 5.74) is 2.30. The van der Waals surface area contributed by atoms with Crippen LogP contribution >= 0.6 is 11.6 Å². The average molecular weight is 415 g/mol. The molecule has 0 saturated heterocycles. The number of nitrogens with one attached hydrogen (secondary N) is 1. The van der Waals surface area contributed by atoms with Crippen molar-refractivity contribution in [2.24, 2.45) is 0 Å². The molecule has 1 N–H and O–H groups in total. The van der Waals surface area contributed by atoms with Gasteiger partial charge >= 0.3 is 5.97 Å². The summed E-state index contributed by atoms with van der Waals surface area (Å²) >= 11 is 5.93. The fourth-order valence-corrected chi connectivity index (χ4v) is 3.11. The monoisotopic (exact) mass is 414 g/mol. The van der Waals surface area contributed by atoms with Crippen LogP contribution in [-0.4, -0.2) is 41.2 Å². The number of imide groups is 1. The first-order valence-electron chi connectivity index (χ1n) is 8.95. The van der Waals surface area contributed by atoms with Gasteiger partial charge in [-0.3, -0.25) is 24.1 Å². The molecule has 1 atom stereocenters. The molecular weight excluding hydrogens is 396 g/mol. The lowest BCUT2D eigenvalue weighted by Gasteiger charge is -2.26. The molecule has 3 amide bonds. The van der Waals surface area contributed by atoms with Gasteiger partial charge in [0, 0.05) is 16.3 Å². The number of aryl methyl sites for hydroxylation is 1. The molecule has 0 aliphatic carbocycles. The molecule has 1 aliphatic rings. The van der Waals surface area contributed by atoms with Crippen LogP contribution in [0.5, 0.6) is 0 Å². The number of fused-ring (bicyclic) bond motifs is 1. The molecule has 2 aromatic rings. The first-order chi connectivity index (χ1) is 13.8. The highest BCUT2D eigenvalue weighted by molar-refractivity contribution is 6.31. The molecule has 2 aromatic carbocycles. The zero-order chi connectivity index (χ0) is 21.1. The lowest BCUT2D eigenvalue weighted by Crippen LogP contribution is -2.46. The number of rotatable bonds is 5. The van der Waals surface area contributed by atoms with Crippen LogP contribution in [0.2, 0.25) is 5.02 Å². The van der Waals surface area contributed by atoms with Gasteiger partial charge in [-0.1, -0.05) is 35.9 Å². The van der Waals surface area contributed by atoms with Gasteiger partial charge in [-0.2, -0.15) is 0 Å². The second kappa shape index (κ2) is 8.45. The molecule has 8 heteroatoms. The van der Waals surface area contributed by atoms with Gasteiger partial charge in [0.2, 0.25) is 5.91 Å². The molecule has 1 aliphatic heterocycles. The minimum Gasteiger partial charge on any atom is -0.451 e. The highest BCUT2D eigenvalue weighted by atomic mass is 35.5. The maximum atomic E-state index is 12.5. The van der Waals surface area contributed by atoms with Crippen LogP contribution in [0.1, 0.15) is 28.4 Å². The number of hydrogen-bond acceptors (Lipinski definition) is 5. The van der Waals surface area contributed by atoms with Gasteiger partial charge in [0.15, 0.2) is 6.10 Å². The van der Waals surface area contributed by atoms with Gasteiger partial charge in [0.05, 0.1) is 6.42 Å². The molecule has 0 radical (unpaired) electrons. The fourth-order valence-electron chi connectivity index (χ4n) is 2.94. The predicted octanol–water partition coefficient (Wildman–Crippen LogP) is 2.74. The van der Waals surface area contributed by atoms with Gasteiger partial charge in [0.1, 0.15) is 6.54 Å². The number of ether oxygens (including phenoxy) is 1. The number of anilines is 1. The SMILES string of the molecule is Cc1ccc(Cl)cc1NC(=O)[C@H](C)OC(=O)CN1C(=O)Cc2ccccc2C1=O. The van der Waals surface area contributed by atoms with E-state index in [1.165, 1.54) is 6.92 Å². The van der Waals surface area contributed by atoms with E-state index >= 15 is 0 Å². The zero-order valence-corrected chi connectivity index (χ0v) is 16.7. The molecule has 29 heavy (non-hydrogen) atoms. The Morgan fingerprint density at radius 1 is 1.21 bits per heavy atom. The third kappa shape index (κ3) is 4.63. The zero-order valence-electron chi connectivity index (χ0n) is 15.9. The Hall–Kier alpha value is -3.19. The maximum Gasteiger partial charge on any atom is 0.326 e. The summed E-state index contributed by atoms with van der Waals surface area (Å²) in [5, 5.41) is 3.10. The lowest BCUT2D eigenvalue weighted by molar-refractivity contribution is -0.155. The van der Waals surface area contributed by atoms with Crippen LogP contribution in [0.15, 0.2) is 42.5 Å². The third-order valence-corrected chi connectivity index (χ3v) is 4.79. The van der Waals surface area contributed by atoms with Crippen molar-refractivity contribution in [1.82, 2.24) is 4.90 Å². The molecule has 150 valence electrons. The fraction of sp³-hybridized carbons (Fsp3) is 0.238. The third-order valence-electron chi connectivity index (χ3n) is 4.56. The number of nitrogens with zero attached hydrogens (tertiary/aromatic N) is 1. The summed E-state index contributed by atoms with van der Waals surface area (Å²) in [6, 6.07) is 11.8. The summed E-state index contributed by atoms with van der Waals surface area (Å²) < 4.78 is 5.11. The van der Waals surface area contributed by atoms with Crippen LogP contribution in [0.25, 0.3) is 0 Å². The first-order valence-corrected chi connectivity index (χ1v) is 9.33. The average Bonchev–Trinajstić information content (AvgIpc) is 2.68. The van der Waals surface area contributed by atoms with Crippen molar-refractivity contribution < 1.29 is 23.9 Å². The molecule has 0 bridgehead atoms. The van der Waals surface area contributed by atoms with Gasteiger partial charge in [-0.15, -0.1) is 0 Å². The van der Waals surface area contributed by atoms with Crippen LogP contribution in [0.3, 0.4) is 0 Å². The molecule has 0 fully saturated rings. The Kier molecular flexibility index (Phi) is 5.98. The molecule has 0 unspecified atom stereocenters. The van der Waals surface area contributed by atoms with E-state index < -0.39 is 36.3 Å². The van der Waals surface area contributed by atoms with Crippen molar-refractivity contribution in [2.75, 3.05) is 11.9 Å². The number of halogens is 1. The minimum absolute atomic E-state index is 0.0271. The summed E-state index contributed by atoms with van der Waals surface area (Å²) in [7, 11) is 0. The Balaban J connectivity index is 1.61. The number of amides is 3. The second-order valence-corrected chi connectivity index (χ2v) is 7.14. The number of esters is 1. The molecule has 0 spiro atoms. The minimum atomic E-state index is -1.12. The van der Waals surface area contributed by atoms with Gasteiger partial charge in [0.25, 0.3) is 11.8 Å². The number of benzene rings is 2. The number of hydrogen-bond donors (Lipinski definition) is 1. The topological polar surface area (TPSA) is 92.8 Å². The van der Waals surface area contributed by atoms with Crippen molar-refractivity contribution in [3.05, 3.63) is 64.2 Å². The molecule has 0 saturated carbocycles. The van der Waals surface area contributed by atoms with E-state index in [1.54, 1.807) is 49.4 Å². The van der Waals surface area contributed by atoms with E-state index in [1.807, 2.05) is 0 Å². The van der Waals surface area contributed by atoms with Crippen LogP contribution in [0.4, 0.5) is 5.69 Å². The largest absolute Gasteiger partial charge is 0.451 e. The highest BCUT2D eigenvalue weighted by Gasteiger charge is 2.33. The van der Waals surface area contributed by atoms with E-state index in [-0.39, 0.29) is 6.42 Å². The normalized spacial score (nSPS) is 14.2. The predicted molar refractivity (Wildman–Crippen MR) is 107 cm³/mol. The van der Waals surface area contributed by atoms with Crippen molar-refractivity contribution in [3.63, 3.8) is 0 Å². The summed E-state index contributed by atoms with van der Waals surface area (Å²) in [4.78, 5) is 50.1. The van der Waals surface area contributed by atoms with E-state index in [4.69, 9.17) is 16.3 Å². The smallest absolute Gasteiger partial charge is 0.326 e. The number of carbonyl (C=O) groups excluding carboxylic acids is 4. The van der Waals surface area contributed by atoms with E-state index in [0.29, 0.717) is 21.8 Å². The first kappa shape index (κ1) is 20.5. The molecule has 1 heterocycles. The lowest BCUT2D eigenvalue weighted by atomic mass is 9.98. The van der Waals surface area contributed by atoms with Gasteiger partial charge in [-0.05, 0) is 43.2 Å². The van der Waals surface area contributed by atoms with E-state index in [2.05, 4.69) is 5.32 Å². The second-order valence-electron chi connectivity index (χ2n) is 6.70. The maximum absolute atomic E-state index is 12.5. The van der Waals surface area contributed by atoms with Crippen LogP contribution in [0, 0.1) is 6.92 Å². The van der Waals surface area contributed by atoms with Crippen molar-refractivity contribution >= 4 is 41.0 Å². The summed E-state index contributed by atoms with van der Waals surface area (Å²) in [6.45, 7) is 2.65. The van der Waals surface area contributed by atoms with Gasteiger partial charge in [-0.25, -0.2) is 0 Å². The highest BCUT2D eigenvalue weighted by Crippen LogP contribution is 2.21. The van der Waals surface area contributed by atoms with Crippen molar-refractivity contribution in [2.45, 2.75) is 26.4 Å². The van der Waals surface area contributed by atoms with Crippen molar-refractivity contribution in [1.29, 1.82) is 0 Å². The molecule has 7 nitrogen and oxygen atoms in total. The Labute approximate surface area is 172 Å². The molecule has 3 rings (SSSR count).